The Morgan fingerprint density at radius 3 is 2.61 bits per heavy atom. The average Bonchev–Trinajstić information content (AvgIpc) is 3.24. The van der Waals surface area contributed by atoms with E-state index < -0.39 is 0 Å². The topological polar surface area (TPSA) is 85.2 Å². The Hall–Kier alpha value is -3.61. The van der Waals surface area contributed by atoms with Crippen molar-refractivity contribution in [3.05, 3.63) is 78.9 Å². The van der Waals surface area contributed by atoms with Crippen LogP contribution in [-0.2, 0) is 11.3 Å². The molecule has 2 N–H and O–H groups in total. The number of carbonyl (C=O) groups is 2. The molecule has 0 fully saturated rings. The Morgan fingerprint density at radius 1 is 1.04 bits per heavy atom. The second-order valence-corrected chi connectivity index (χ2v) is 6.11. The number of rotatable bonds is 9. The quantitative estimate of drug-likeness (QED) is 0.561. The predicted octanol–water partition coefficient (Wildman–Crippen LogP) is 2.72. The van der Waals surface area contributed by atoms with Crippen molar-refractivity contribution in [2.75, 3.05) is 18.5 Å². The summed E-state index contributed by atoms with van der Waals surface area (Å²) in [5.74, 6) is 0.0521. The largest absolute Gasteiger partial charge is 0.484 e. The van der Waals surface area contributed by atoms with Crippen molar-refractivity contribution >= 4 is 17.5 Å². The number of carbonyl (C=O) groups excluding carboxylic acids is 2. The van der Waals surface area contributed by atoms with Crippen LogP contribution in [0.1, 0.15) is 16.8 Å². The minimum atomic E-state index is -0.329. The van der Waals surface area contributed by atoms with Gasteiger partial charge in [0.25, 0.3) is 11.8 Å². The summed E-state index contributed by atoms with van der Waals surface area (Å²) in [6.07, 6.45) is 6.12. The van der Waals surface area contributed by atoms with Crippen LogP contribution in [0.25, 0.3) is 0 Å². The molecule has 0 aliphatic carbocycles. The zero-order valence-electron chi connectivity index (χ0n) is 15.4. The minimum Gasteiger partial charge on any atom is -0.484 e. The third-order valence-corrected chi connectivity index (χ3v) is 4.00. The molecule has 7 nitrogen and oxygen atoms in total. The summed E-state index contributed by atoms with van der Waals surface area (Å²) in [5, 5.41) is 5.61. The number of aryl methyl sites for hydroxylation is 1. The van der Waals surface area contributed by atoms with Crippen LogP contribution in [0.2, 0.25) is 0 Å². The van der Waals surface area contributed by atoms with Crippen LogP contribution in [0.3, 0.4) is 0 Å². The average molecular weight is 378 g/mol. The van der Waals surface area contributed by atoms with Gasteiger partial charge in [-0.05, 0) is 30.7 Å². The van der Waals surface area contributed by atoms with E-state index in [0.29, 0.717) is 23.5 Å². The number of aromatic nitrogens is 2. The fraction of sp³-hybridized carbons (Fsp3) is 0.190. The molecular weight excluding hydrogens is 356 g/mol. The molecule has 2 aromatic carbocycles. The molecule has 3 aromatic rings. The Labute approximate surface area is 163 Å². The molecule has 0 aliphatic heterocycles. The molecule has 28 heavy (non-hydrogen) atoms. The first kappa shape index (κ1) is 19.2. The first-order chi connectivity index (χ1) is 13.7. The number of benzene rings is 2. The van der Waals surface area contributed by atoms with Crippen molar-refractivity contribution in [3.8, 4) is 5.75 Å². The van der Waals surface area contributed by atoms with Gasteiger partial charge in [-0.25, -0.2) is 4.98 Å². The van der Waals surface area contributed by atoms with Gasteiger partial charge in [0, 0.05) is 25.5 Å². The number of anilines is 1. The van der Waals surface area contributed by atoms with Crippen LogP contribution in [0.5, 0.6) is 5.75 Å². The fourth-order valence-corrected chi connectivity index (χ4v) is 2.62. The predicted molar refractivity (Wildman–Crippen MR) is 106 cm³/mol. The number of hydrogen-bond acceptors (Lipinski definition) is 4. The van der Waals surface area contributed by atoms with E-state index in [9.17, 15) is 9.59 Å². The summed E-state index contributed by atoms with van der Waals surface area (Å²) in [5.41, 5.74) is 0.870. The summed E-state index contributed by atoms with van der Waals surface area (Å²) in [6.45, 7) is 1.16. The van der Waals surface area contributed by atoms with E-state index in [4.69, 9.17) is 4.74 Å². The first-order valence-corrected chi connectivity index (χ1v) is 9.03. The van der Waals surface area contributed by atoms with Crippen molar-refractivity contribution in [2.45, 2.75) is 13.0 Å². The number of imidazole rings is 1. The molecule has 0 saturated heterocycles. The van der Waals surface area contributed by atoms with Gasteiger partial charge < -0.3 is 19.9 Å². The molecule has 1 heterocycles. The third-order valence-electron chi connectivity index (χ3n) is 4.00. The van der Waals surface area contributed by atoms with E-state index in [0.717, 1.165) is 13.0 Å². The fourth-order valence-electron chi connectivity index (χ4n) is 2.62. The number of amides is 2. The summed E-state index contributed by atoms with van der Waals surface area (Å²) < 4.78 is 7.39. The maximum absolute atomic E-state index is 12.5. The van der Waals surface area contributed by atoms with E-state index in [1.807, 2.05) is 29.0 Å². The van der Waals surface area contributed by atoms with Crippen molar-refractivity contribution in [3.63, 3.8) is 0 Å². The van der Waals surface area contributed by atoms with E-state index in [2.05, 4.69) is 15.6 Å². The third kappa shape index (κ3) is 5.70. The molecule has 0 spiro atoms. The lowest BCUT2D eigenvalue weighted by Gasteiger charge is -2.12. The number of ether oxygens (including phenoxy) is 1. The van der Waals surface area contributed by atoms with E-state index in [1.54, 1.807) is 48.9 Å². The molecule has 144 valence electrons. The zero-order chi connectivity index (χ0) is 19.6. The second-order valence-electron chi connectivity index (χ2n) is 6.11. The number of para-hydroxylation sites is 2. The summed E-state index contributed by atoms with van der Waals surface area (Å²) in [4.78, 5) is 28.6. The Bertz CT molecular complexity index is 895. The van der Waals surface area contributed by atoms with Crippen molar-refractivity contribution in [1.29, 1.82) is 0 Å². The van der Waals surface area contributed by atoms with Gasteiger partial charge in [0.1, 0.15) is 5.75 Å². The summed E-state index contributed by atoms with van der Waals surface area (Å²) in [6, 6.07) is 16.0. The highest BCUT2D eigenvalue weighted by atomic mass is 16.5. The molecule has 0 saturated carbocycles. The highest BCUT2D eigenvalue weighted by Crippen LogP contribution is 2.15. The Balaban J connectivity index is 1.50. The SMILES string of the molecule is O=C(COc1ccccc1)Nc1ccccc1C(=O)NCCCn1ccnc1. The van der Waals surface area contributed by atoms with Gasteiger partial charge >= 0.3 is 0 Å². The van der Waals surface area contributed by atoms with Crippen molar-refractivity contribution in [2.24, 2.45) is 0 Å². The molecule has 3 rings (SSSR count). The molecular formula is C21H22N4O3. The lowest BCUT2D eigenvalue weighted by Crippen LogP contribution is -2.27. The molecule has 1 aromatic heterocycles. The normalized spacial score (nSPS) is 10.3. The van der Waals surface area contributed by atoms with Gasteiger partial charge in [-0.15, -0.1) is 0 Å². The first-order valence-electron chi connectivity index (χ1n) is 9.03. The smallest absolute Gasteiger partial charge is 0.262 e. The van der Waals surface area contributed by atoms with Crippen LogP contribution in [-0.4, -0.2) is 34.5 Å². The summed E-state index contributed by atoms with van der Waals surface area (Å²) in [7, 11) is 0. The zero-order valence-corrected chi connectivity index (χ0v) is 15.4. The minimum absolute atomic E-state index is 0.134. The maximum Gasteiger partial charge on any atom is 0.262 e. The monoisotopic (exact) mass is 378 g/mol. The van der Waals surface area contributed by atoms with Gasteiger partial charge in [-0.2, -0.15) is 0 Å². The Kier molecular flexibility index (Phi) is 6.78. The van der Waals surface area contributed by atoms with Crippen LogP contribution >= 0.6 is 0 Å². The van der Waals surface area contributed by atoms with Gasteiger partial charge in [-0.1, -0.05) is 30.3 Å². The highest BCUT2D eigenvalue weighted by Gasteiger charge is 2.13. The molecule has 2 amide bonds. The van der Waals surface area contributed by atoms with Gasteiger partial charge in [0.05, 0.1) is 17.6 Å². The van der Waals surface area contributed by atoms with E-state index in [-0.39, 0.29) is 18.4 Å². The summed E-state index contributed by atoms with van der Waals surface area (Å²) >= 11 is 0. The van der Waals surface area contributed by atoms with Crippen molar-refractivity contribution in [1.82, 2.24) is 14.9 Å². The van der Waals surface area contributed by atoms with Crippen molar-refractivity contribution < 1.29 is 14.3 Å². The standard InChI is InChI=1S/C21H22N4O3/c26-20(15-28-17-7-2-1-3-8-17)24-19-10-5-4-9-18(19)21(27)23-11-6-13-25-14-12-22-16-25/h1-5,7-10,12,14,16H,6,11,13,15H2,(H,23,27)(H,24,26). The van der Waals surface area contributed by atoms with E-state index in [1.165, 1.54) is 0 Å². The number of hydrogen-bond donors (Lipinski definition) is 2. The second kappa shape index (κ2) is 9.91. The van der Waals surface area contributed by atoms with Gasteiger partial charge in [-0.3, -0.25) is 9.59 Å². The molecule has 0 radical (unpaired) electrons. The van der Waals surface area contributed by atoms with Gasteiger partial charge in [0.15, 0.2) is 6.61 Å². The molecule has 0 aliphatic rings. The molecule has 0 bridgehead atoms. The molecule has 0 unspecified atom stereocenters. The van der Waals surface area contributed by atoms with Crippen LogP contribution in [0, 0.1) is 0 Å². The van der Waals surface area contributed by atoms with Crippen LogP contribution in [0.15, 0.2) is 73.3 Å². The molecule has 0 atom stereocenters. The van der Waals surface area contributed by atoms with Crippen LogP contribution < -0.4 is 15.4 Å². The lowest BCUT2D eigenvalue weighted by molar-refractivity contribution is -0.118. The number of nitrogens with one attached hydrogen (secondary N) is 2. The van der Waals surface area contributed by atoms with Gasteiger partial charge in [0.2, 0.25) is 0 Å². The highest BCUT2D eigenvalue weighted by molar-refractivity contribution is 6.04. The van der Waals surface area contributed by atoms with E-state index >= 15 is 0 Å². The van der Waals surface area contributed by atoms with Crippen LogP contribution in [0.4, 0.5) is 5.69 Å². The molecule has 7 heteroatoms. The maximum atomic E-state index is 12.5. The lowest BCUT2D eigenvalue weighted by atomic mass is 10.1. The number of nitrogens with zero attached hydrogens (tertiary/aromatic N) is 2. The Morgan fingerprint density at radius 2 is 1.82 bits per heavy atom.